The number of carbonyl (C=O) groups is 2. The lowest BCUT2D eigenvalue weighted by Crippen LogP contribution is -2.44. The van der Waals surface area contributed by atoms with Gasteiger partial charge in [-0.2, -0.15) is 0 Å². The van der Waals surface area contributed by atoms with Gasteiger partial charge in [-0.3, -0.25) is 4.79 Å². The average molecular weight is 371 g/mol. The summed E-state index contributed by atoms with van der Waals surface area (Å²) in [4.78, 5) is 30.0. The molecular formula is C18H30N2O4S. The van der Waals surface area contributed by atoms with Crippen LogP contribution < -0.4 is 0 Å². The molecule has 0 aliphatic carbocycles. The Morgan fingerprint density at radius 2 is 1.92 bits per heavy atom. The van der Waals surface area contributed by atoms with Crippen LogP contribution in [-0.2, 0) is 14.3 Å². The summed E-state index contributed by atoms with van der Waals surface area (Å²) in [6.07, 6.45) is -0.392. The van der Waals surface area contributed by atoms with E-state index in [1.54, 1.807) is 11.9 Å². The minimum Gasteiger partial charge on any atom is -0.455 e. The summed E-state index contributed by atoms with van der Waals surface area (Å²) in [5.41, 5.74) is 0.327. The van der Waals surface area contributed by atoms with Gasteiger partial charge < -0.3 is 14.4 Å². The second-order valence-electron chi connectivity index (χ2n) is 7.56. The number of amides is 1. The first kappa shape index (κ1) is 21.4. The van der Waals surface area contributed by atoms with E-state index in [2.05, 4.69) is 4.98 Å². The molecule has 0 N–H and O–H groups in total. The van der Waals surface area contributed by atoms with Crippen molar-refractivity contribution in [3.05, 3.63) is 16.1 Å². The van der Waals surface area contributed by atoms with Crippen LogP contribution in [0.3, 0.4) is 0 Å². The van der Waals surface area contributed by atoms with Crippen molar-refractivity contribution in [2.75, 3.05) is 7.05 Å². The topological polar surface area (TPSA) is 68.7 Å². The number of hydrogen-bond acceptors (Lipinski definition) is 6. The van der Waals surface area contributed by atoms with Gasteiger partial charge in [-0.15, -0.1) is 11.3 Å². The molecule has 0 saturated carbocycles. The number of aryl methyl sites for hydroxylation is 1. The molecule has 1 rings (SSSR count). The molecule has 142 valence electrons. The molecule has 0 radical (unpaired) electrons. The molecule has 0 aliphatic heterocycles. The molecule has 6 nitrogen and oxygen atoms in total. The number of hydrogen-bond donors (Lipinski definition) is 0. The minimum atomic E-state index is -0.561. The first-order valence-electron chi connectivity index (χ1n) is 8.45. The average Bonchev–Trinajstić information content (AvgIpc) is 2.86. The van der Waals surface area contributed by atoms with Gasteiger partial charge in [0.15, 0.2) is 6.10 Å². The Hall–Kier alpha value is -1.63. The first-order chi connectivity index (χ1) is 11.4. The molecule has 0 fully saturated rings. The summed E-state index contributed by atoms with van der Waals surface area (Å²) in [7, 11) is 1.72. The van der Waals surface area contributed by atoms with Gasteiger partial charge in [0.2, 0.25) is 0 Å². The highest BCUT2D eigenvalue weighted by Crippen LogP contribution is 2.30. The monoisotopic (exact) mass is 370 g/mol. The third-order valence-corrected chi connectivity index (χ3v) is 4.68. The van der Waals surface area contributed by atoms with E-state index in [9.17, 15) is 9.59 Å². The molecule has 2 atom stereocenters. The fourth-order valence-corrected chi connectivity index (χ4v) is 3.32. The summed E-state index contributed by atoms with van der Waals surface area (Å²) in [5, 5.41) is 2.67. The summed E-state index contributed by atoms with van der Waals surface area (Å²) in [6, 6.07) is -0.150. The Labute approximate surface area is 154 Å². The zero-order valence-electron chi connectivity index (χ0n) is 16.5. The third kappa shape index (κ3) is 7.02. The predicted molar refractivity (Wildman–Crippen MR) is 98.6 cm³/mol. The van der Waals surface area contributed by atoms with Crippen LogP contribution >= 0.6 is 11.3 Å². The molecule has 1 heterocycles. The number of carbonyl (C=O) groups excluding carboxylic acids is 2. The Balaban J connectivity index is 2.98. The standard InChI is InChI=1S/C18H30N2O4S/c1-11(2)14(20(8)17(22)24-18(5,6)7)9-15(23-13(4)21)16-19-12(3)10-25-16/h10-11,14-15H,9H2,1-8H3/t14-,15-/m1/s1. The number of esters is 1. The van der Waals surface area contributed by atoms with E-state index >= 15 is 0 Å². The quantitative estimate of drug-likeness (QED) is 0.697. The van der Waals surface area contributed by atoms with Crippen molar-refractivity contribution in [1.82, 2.24) is 9.88 Å². The second-order valence-corrected chi connectivity index (χ2v) is 8.45. The minimum absolute atomic E-state index is 0.150. The first-order valence-corrected chi connectivity index (χ1v) is 9.33. The van der Waals surface area contributed by atoms with Crippen molar-refractivity contribution in [2.45, 2.75) is 72.6 Å². The largest absolute Gasteiger partial charge is 0.455 e. The smallest absolute Gasteiger partial charge is 0.410 e. The highest BCUT2D eigenvalue weighted by atomic mass is 32.1. The lowest BCUT2D eigenvalue weighted by molar-refractivity contribution is -0.147. The van der Waals surface area contributed by atoms with Crippen LogP contribution in [0.5, 0.6) is 0 Å². The Morgan fingerprint density at radius 3 is 2.32 bits per heavy atom. The van der Waals surface area contributed by atoms with Crippen molar-refractivity contribution in [2.24, 2.45) is 5.92 Å². The molecule has 1 amide bonds. The SMILES string of the molecule is CC(=O)O[C@H](C[C@H](C(C)C)N(C)C(=O)OC(C)(C)C)c1nc(C)cs1. The van der Waals surface area contributed by atoms with Gasteiger partial charge in [0, 0.05) is 37.5 Å². The molecule has 0 unspecified atom stereocenters. The van der Waals surface area contributed by atoms with E-state index < -0.39 is 11.7 Å². The highest BCUT2D eigenvalue weighted by Gasteiger charge is 2.32. The van der Waals surface area contributed by atoms with Gasteiger partial charge in [0.05, 0.1) is 0 Å². The van der Waals surface area contributed by atoms with Gasteiger partial charge in [0.25, 0.3) is 0 Å². The van der Waals surface area contributed by atoms with Gasteiger partial charge in [-0.05, 0) is 33.6 Å². The Bertz CT molecular complexity index is 592. The van der Waals surface area contributed by atoms with Gasteiger partial charge in [-0.1, -0.05) is 13.8 Å². The van der Waals surface area contributed by atoms with Crippen molar-refractivity contribution in [1.29, 1.82) is 0 Å². The van der Waals surface area contributed by atoms with Crippen LogP contribution in [0.1, 0.15) is 64.8 Å². The molecule has 0 aliphatic rings. The van der Waals surface area contributed by atoms with E-state index in [-0.39, 0.29) is 24.0 Å². The number of ether oxygens (including phenoxy) is 2. The summed E-state index contributed by atoms with van der Waals surface area (Å²) >= 11 is 1.46. The number of rotatable bonds is 6. The Kier molecular flexibility index (Phi) is 7.41. The fraction of sp³-hybridized carbons (Fsp3) is 0.722. The van der Waals surface area contributed by atoms with Crippen LogP contribution in [0, 0.1) is 12.8 Å². The van der Waals surface area contributed by atoms with E-state index in [1.165, 1.54) is 18.3 Å². The normalized spacial score (nSPS) is 14.1. The van der Waals surface area contributed by atoms with Crippen molar-refractivity contribution in [3.8, 4) is 0 Å². The molecule has 25 heavy (non-hydrogen) atoms. The Morgan fingerprint density at radius 1 is 1.32 bits per heavy atom. The zero-order chi connectivity index (χ0) is 19.4. The van der Waals surface area contributed by atoms with E-state index in [0.29, 0.717) is 6.42 Å². The predicted octanol–water partition coefficient (Wildman–Crippen LogP) is 4.34. The molecule has 0 bridgehead atoms. The van der Waals surface area contributed by atoms with Gasteiger partial charge >= 0.3 is 12.1 Å². The number of nitrogens with zero attached hydrogens (tertiary/aromatic N) is 2. The fourth-order valence-electron chi connectivity index (χ4n) is 2.49. The highest BCUT2D eigenvalue weighted by molar-refractivity contribution is 7.09. The van der Waals surface area contributed by atoms with Crippen molar-refractivity contribution < 1.29 is 19.1 Å². The lowest BCUT2D eigenvalue weighted by Gasteiger charge is -2.34. The van der Waals surface area contributed by atoms with Gasteiger partial charge in [-0.25, -0.2) is 9.78 Å². The van der Waals surface area contributed by atoms with Crippen LogP contribution in [0.4, 0.5) is 4.79 Å². The van der Waals surface area contributed by atoms with Crippen LogP contribution in [0.15, 0.2) is 5.38 Å². The molecule has 1 aromatic heterocycles. The molecule has 0 spiro atoms. The third-order valence-electron chi connectivity index (χ3n) is 3.62. The maximum Gasteiger partial charge on any atom is 0.410 e. The second kappa shape index (κ2) is 8.65. The molecule has 7 heteroatoms. The molecule has 1 aromatic rings. The van der Waals surface area contributed by atoms with E-state index in [0.717, 1.165) is 10.7 Å². The van der Waals surface area contributed by atoms with E-state index in [1.807, 2.05) is 46.9 Å². The lowest BCUT2D eigenvalue weighted by atomic mass is 9.96. The van der Waals surface area contributed by atoms with Crippen molar-refractivity contribution in [3.63, 3.8) is 0 Å². The van der Waals surface area contributed by atoms with Crippen LogP contribution in [0.2, 0.25) is 0 Å². The summed E-state index contributed by atoms with van der Waals surface area (Å²) < 4.78 is 11.0. The van der Waals surface area contributed by atoms with E-state index in [4.69, 9.17) is 9.47 Å². The maximum absolute atomic E-state index is 12.4. The molecule has 0 aromatic carbocycles. The maximum atomic E-state index is 12.4. The van der Waals surface area contributed by atoms with Gasteiger partial charge in [0.1, 0.15) is 10.6 Å². The summed E-state index contributed by atoms with van der Waals surface area (Å²) in [5.74, 6) is -0.197. The van der Waals surface area contributed by atoms with Crippen molar-refractivity contribution >= 4 is 23.4 Å². The zero-order valence-corrected chi connectivity index (χ0v) is 17.3. The van der Waals surface area contributed by atoms with Crippen LogP contribution in [0.25, 0.3) is 0 Å². The summed E-state index contributed by atoms with van der Waals surface area (Å²) in [6.45, 7) is 12.9. The molecular weight excluding hydrogens is 340 g/mol. The molecule has 0 saturated heterocycles. The number of thiazole rings is 1. The number of aromatic nitrogens is 1. The van der Waals surface area contributed by atoms with Crippen LogP contribution in [-0.4, -0.2) is 40.6 Å².